The van der Waals surface area contributed by atoms with Crippen LogP contribution in [0.4, 0.5) is 8.78 Å². The molecular weight excluding hydrogens is 193 g/mol. The quantitative estimate of drug-likeness (QED) is 0.581. The number of halogens is 4. The molecule has 0 aromatic rings. The lowest BCUT2D eigenvalue weighted by molar-refractivity contribution is -0.121. The molecule has 1 nitrogen and oxygen atoms in total. The fourth-order valence-corrected chi connectivity index (χ4v) is 0. The van der Waals surface area contributed by atoms with Gasteiger partial charge in [0.25, 0.3) is 5.24 Å². The summed E-state index contributed by atoms with van der Waals surface area (Å²) >= 11 is 4.22. The summed E-state index contributed by atoms with van der Waals surface area (Å²) in [5, 5.41) is -1.60. The predicted molar refractivity (Wildman–Crippen MR) is 27.2 cm³/mol. The average Bonchev–Trinajstić information content (AvgIpc) is 1.36. The Morgan fingerprint density at radius 1 is 1.57 bits per heavy atom. The third-order valence-electron chi connectivity index (χ3n) is 0.172. The zero-order valence-corrected chi connectivity index (χ0v) is 5.50. The summed E-state index contributed by atoms with van der Waals surface area (Å²) in [5.74, 6) is 0. The van der Waals surface area contributed by atoms with Crippen LogP contribution in [-0.4, -0.2) is 11.7 Å². The largest absolute Gasteiger partial charge is 0.310 e. The van der Waals surface area contributed by atoms with Crippen LogP contribution >= 0.6 is 28.6 Å². The van der Waals surface area contributed by atoms with E-state index in [2.05, 4.69) is 11.6 Å². The monoisotopic (exact) mass is 194 g/mol. The van der Waals surface area contributed by atoms with Gasteiger partial charge < -0.3 is 0 Å². The SMILES string of the molecule is Br.O=C(Cl)C(F)F. The van der Waals surface area contributed by atoms with Gasteiger partial charge in [0.15, 0.2) is 0 Å². The van der Waals surface area contributed by atoms with E-state index in [0.29, 0.717) is 0 Å². The minimum Gasteiger partial charge on any atom is -0.275 e. The predicted octanol–water partition coefficient (Wildman–Crippen LogP) is 1.59. The molecule has 0 heterocycles. The van der Waals surface area contributed by atoms with E-state index >= 15 is 0 Å². The van der Waals surface area contributed by atoms with E-state index in [0.717, 1.165) is 0 Å². The lowest BCUT2D eigenvalue weighted by Gasteiger charge is -1.79. The molecule has 0 spiro atoms. The Kier molecular flexibility index (Phi) is 6.57. The second-order valence-electron chi connectivity index (χ2n) is 0.605. The van der Waals surface area contributed by atoms with E-state index in [1.54, 1.807) is 0 Å². The molecule has 7 heavy (non-hydrogen) atoms. The molecule has 0 N–H and O–H groups in total. The van der Waals surface area contributed by atoms with Crippen molar-refractivity contribution in [3.63, 3.8) is 0 Å². The van der Waals surface area contributed by atoms with Gasteiger partial charge in [-0.1, -0.05) is 0 Å². The van der Waals surface area contributed by atoms with Gasteiger partial charge in [-0.2, -0.15) is 0 Å². The van der Waals surface area contributed by atoms with E-state index in [-0.39, 0.29) is 17.0 Å². The van der Waals surface area contributed by atoms with Gasteiger partial charge >= 0.3 is 6.43 Å². The fraction of sp³-hybridized carbons (Fsp3) is 0.500. The highest BCUT2D eigenvalue weighted by Gasteiger charge is 2.09. The molecule has 0 unspecified atom stereocenters. The van der Waals surface area contributed by atoms with Crippen molar-refractivity contribution in [2.75, 3.05) is 0 Å². The van der Waals surface area contributed by atoms with Crippen molar-refractivity contribution in [1.82, 2.24) is 0 Å². The smallest absolute Gasteiger partial charge is 0.275 e. The van der Waals surface area contributed by atoms with Gasteiger partial charge in [-0.15, -0.1) is 17.0 Å². The summed E-state index contributed by atoms with van der Waals surface area (Å²) in [4.78, 5) is 9.16. The second kappa shape index (κ2) is 4.46. The van der Waals surface area contributed by atoms with Crippen molar-refractivity contribution < 1.29 is 13.6 Å². The second-order valence-corrected chi connectivity index (χ2v) is 0.977. The van der Waals surface area contributed by atoms with E-state index in [1.807, 2.05) is 0 Å². The van der Waals surface area contributed by atoms with Gasteiger partial charge in [0.1, 0.15) is 0 Å². The maximum Gasteiger partial charge on any atom is 0.310 e. The van der Waals surface area contributed by atoms with Crippen LogP contribution in [0.5, 0.6) is 0 Å². The summed E-state index contributed by atoms with van der Waals surface area (Å²) < 4.78 is 21.4. The Bertz CT molecular complexity index is 66.7. The molecule has 44 valence electrons. The number of carbonyl (C=O) groups excluding carboxylic acids is 1. The minimum atomic E-state index is -3.02. The van der Waals surface area contributed by atoms with E-state index in [4.69, 9.17) is 4.79 Å². The van der Waals surface area contributed by atoms with Crippen LogP contribution in [0.15, 0.2) is 0 Å². The minimum absolute atomic E-state index is 0. The third-order valence-corrected chi connectivity index (χ3v) is 0.337. The van der Waals surface area contributed by atoms with Crippen LogP contribution < -0.4 is 0 Å². The Balaban J connectivity index is 0. The zero-order chi connectivity index (χ0) is 5.15. The van der Waals surface area contributed by atoms with Crippen LogP contribution in [0.2, 0.25) is 0 Å². The average molecular weight is 195 g/mol. The number of rotatable bonds is 1. The summed E-state index contributed by atoms with van der Waals surface area (Å²) in [5.41, 5.74) is 0. The number of carbonyl (C=O) groups is 1. The first-order chi connectivity index (χ1) is 2.64. The lowest BCUT2D eigenvalue weighted by Crippen LogP contribution is -1.98. The highest BCUT2D eigenvalue weighted by atomic mass is 79.9. The molecule has 0 amide bonds. The summed E-state index contributed by atoms with van der Waals surface area (Å²) in [7, 11) is 0. The van der Waals surface area contributed by atoms with Crippen molar-refractivity contribution in [1.29, 1.82) is 0 Å². The van der Waals surface area contributed by atoms with Gasteiger partial charge in [0, 0.05) is 0 Å². The molecule has 0 aliphatic heterocycles. The molecule has 0 aromatic carbocycles. The molecular formula is C2H2BrClF2O. The van der Waals surface area contributed by atoms with Gasteiger partial charge in [0.05, 0.1) is 0 Å². The molecule has 5 heteroatoms. The van der Waals surface area contributed by atoms with Crippen LogP contribution in [0.1, 0.15) is 0 Å². The molecule has 0 radical (unpaired) electrons. The number of hydrogen-bond acceptors (Lipinski definition) is 1. The van der Waals surface area contributed by atoms with Crippen molar-refractivity contribution in [3.8, 4) is 0 Å². The van der Waals surface area contributed by atoms with E-state index < -0.39 is 11.7 Å². The molecule has 0 saturated heterocycles. The number of alkyl halides is 2. The maximum atomic E-state index is 10.7. The van der Waals surface area contributed by atoms with Crippen molar-refractivity contribution in [2.45, 2.75) is 6.43 Å². The highest BCUT2D eigenvalue weighted by molar-refractivity contribution is 8.93. The van der Waals surface area contributed by atoms with Crippen LogP contribution in [-0.2, 0) is 4.79 Å². The van der Waals surface area contributed by atoms with E-state index in [1.165, 1.54) is 0 Å². The molecule has 0 saturated carbocycles. The Morgan fingerprint density at radius 2 is 1.71 bits per heavy atom. The molecule has 0 bridgehead atoms. The normalized spacial score (nSPS) is 8.00. The summed E-state index contributed by atoms with van der Waals surface area (Å²) in [6, 6.07) is 0. The summed E-state index contributed by atoms with van der Waals surface area (Å²) in [6.07, 6.45) is -3.02. The van der Waals surface area contributed by atoms with Gasteiger partial charge in [-0.25, -0.2) is 8.78 Å². The lowest BCUT2D eigenvalue weighted by atomic mass is 10.8. The standard InChI is InChI=1S/C2HClF2O.BrH/c3-1(6)2(4)5;/h2H;1H. The molecule has 0 aliphatic carbocycles. The van der Waals surface area contributed by atoms with E-state index in [9.17, 15) is 8.78 Å². The highest BCUT2D eigenvalue weighted by Crippen LogP contribution is 1.95. The molecule has 0 rings (SSSR count). The topological polar surface area (TPSA) is 17.1 Å². The maximum absolute atomic E-state index is 10.7. The molecule has 0 aliphatic rings. The molecule has 0 atom stereocenters. The fourth-order valence-electron chi connectivity index (χ4n) is 0. The summed E-state index contributed by atoms with van der Waals surface area (Å²) in [6.45, 7) is 0. The Labute approximate surface area is 54.4 Å². The Hall–Kier alpha value is 0.300. The molecule has 0 aromatic heterocycles. The van der Waals surface area contributed by atoms with Crippen molar-refractivity contribution >= 4 is 33.8 Å². The van der Waals surface area contributed by atoms with Gasteiger partial charge in [0.2, 0.25) is 0 Å². The molecule has 0 fully saturated rings. The van der Waals surface area contributed by atoms with Crippen LogP contribution in [0.3, 0.4) is 0 Å². The third kappa shape index (κ3) is 6.30. The zero-order valence-electron chi connectivity index (χ0n) is 3.03. The van der Waals surface area contributed by atoms with Crippen LogP contribution in [0.25, 0.3) is 0 Å². The van der Waals surface area contributed by atoms with Crippen molar-refractivity contribution in [2.24, 2.45) is 0 Å². The van der Waals surface area contributed by atoms with Gasteiger partial charge in [-0.3, -0.25) is 4.79 Å². The first-order valence-electron chi connectivity index (χ1n) is 1.12. The first kappa shape index (κ1) is 10.3. The Morgan fingerprint density at radius 3 is 1.71 bits per heavy atom. The first-order valence-corrected chi connectivity index (χ1v) is 1.50. The van der Waals surface area contributed by atoms with Gasteiger partial charge in [-0.05, 0) is 11.6 Å². The van der Waals surface area contributed by atoms with Crippen LogP contribution in [0, 0.1) is 0 Å². The van der Waals surface area contributed by atoms with Crippen molar-refractivity contribution in [3.05, 3.63) is 0 Å². The number of hydrogen-bond donors (Lipinski definition) is 0.